The molecule has 2 aromatic rings. The van der Waals surface area contributed by atoms with Crippen LogP contribution < -0.4 is 15.4 Å². The standard InChI is InChI=1S/C29H40N2O5S2/c1-5-8-15-29(16-9-6-2)20-31(23-12-10-22(30)11-13-23)24-18-26(37-4)25(19-27(24)38(33,34)21-29)36-17-14-28(32)35-7-3/h10-14,17-19H,5-9,15-16,20-21,30H2,1-4H3/b17-14+. The minimum Gasteiger partial charge on any atom is -0.464 e. The second-order valence-corrected chi connectivity index (χ2v) is 12.6. The summed E-state index contributed by atoms with van der Waals surface area (Å²) in [5, 5.41) is 0. The third kappa shape index (κ3) is 7.26. The highest BCUT2D eigenvalue weighted by Crippen LogP contribution is 2.47. The van der Waals surface area contributed by atoms with Gasteiger partial charge in [0.1, 0.15) is 5.75 Å². The van der Waals surface area contributed by atoms with Gasteiger partial charge in [-0.15, -0.1) is 11.8 Å². The first-order valence-electron chi connectivity index (χ1n) is 13.3. The van der Waals surface area contributed by atoms with Crippen LogP contribution in [0.4, 0.5) is 17.1 Å². The van der Waals surface area contributed by atoms with E-state index in [-0.39, 0.29) is 17.3 Å². The Labute approximate surface area is 231 Å². The van der Waals surface area contributed by atoms with Gasteiger partial charge >= 0.3 is 5.97 Å². The summed E-state index contributed by atoms with van der Waals surface area (Å²) in [6.45, 7) is 6.87. The topological polar surface area (TPSA) is 98.9 Å². The lowest BCUT2D eigenvalue weighted by Crippen LogP contribution is -2.38. The normalized spacial score (nSPS) is 16.2. The van der Waals surface area contributed by atoms with E-state index in [9.17, 15) is 13.2 Å². The van der Waals surface area contributed by atoms with Gasteiger partial charge in [0.25, 0.3) is 0 Å². The maximum Gasteiger partial charge on any atom is 0.333 e. The molecule has 0 aliphatic carbocycles. The van der Waals surface area contributed by atoms with Crippen LogP contribution in [0.1, 0.15) is 59.3 Å². The predicted octanol–water partition coefficient (Wildman–Crippen LogP) is 6.74. The average molecular weight is 561 g/mol. The molecule has 0 aromatic heterocycles. The molecular formula is C29H40N2O5S2. The van der Waals surface area contributed by atoms with E-state index >= 15 is 0 Å². The second kappa shape index (κ2) is 13.4. The van der Waals surface area contributed by atoms with E-state index in [1.165, 1.54) is 24.1 Å². The molecule has 0 amide bonds. The van der Waals surface area contributed by atoms with Gasteiger partial charge in [0.2, 0.25) is 0 Å². The van der Waals surface area contributed by atoms with Crippen LogP contribution in [0.5, 0.6) is 5.75 Å². The van der Waals surface area contributed by atoms with Gasteiger partial charge in [0, 0.05) is 29.4 Å². The number of hydrogen-bond donors (Lipinski definition) is 1. The van der Waals surface area contributed by atoms with E-state index in [0.717, 1.165) is 49.1 Å². The van der Waals surface area contributed by atoms with Gasteiger partial charge in [-0.25, -0.2) is 13.2 Å². The number of ether oxygens (including phenoxy) is 2. The molecule has 2 aromatic carbocycles. The zero-order valence-electron chi connectivity index (χ0n) is 22.9. The molecule has 0 unspecified atom stereocenters. The molecule has 0 atom stereocenters. The minimum atomic E-state index is -3.66. The van der Waals surface area contributed by atoms with Gasteiger partial charge in [-0.1, -0.05) is 39.5 Å². The molecule has 7 nitrogen and oxygen atoms in total. The van der Waals surface area contributed by atoms with E-state index in [1.807, 2.05) is 36.6 Å². The lowest BCUT2D eigenvalue weighted by molar-refractivity contribution is -0.137. The molecule has 0 radical (unpaired) electrons. The summed E-state index contributed by atoms with van der Waals surface area (Å²) in [5.74, 6) is -0.0613. The Kier molecular flexibility index (Phi) is 10.6. The number of nitrogens with zero attached hydrogens (tertiary/aromatic N) is 1. The molecule has 1 aliphatic rings. The van der Waals surface area contributed by atoms with E-state index in [1.54, 1.807) is 13.0 Å². The van der Waals surface area contributed by atoms with Crippen molar-refractivity contribution in [3.05, 3.63) is 48.7 Å². The largest absolute Gasteiger partial charge is 0.464 e. The van der Waals surface area contributed by atoms with Crippen LogP contribution in [0.25, 0.3) is 0 Å². The Bertz CT molecular complexity index is 1220. The first-order chi connectivity index (χ1) is 18.2. The van der Waals surface area contributed by atoms with Gasteiger partial charge < -0.3 is 20.1 Å². The van der Waals surface area contributed by atoms with Crippen LogP contribution >= 0.6 is 11.8 Å². The summed E-state index contributed by atoms with van der Waals surface area (Å²) in [4.78, 5) is 14.9. The van der Waals surface area contributed by atoms with Gasteiger partial charge in [-0.2, -0.15) is 0 Å². The van der Waals surface area contributed by atoms with E-state index < -0.39 is 21.2 Å². The molecule has 0 fully saturated rings. The van der Waals surface area contributed by atoms with Crippen molar-refractivity contribution in [2.45, 2.75) is 69.1 Å². The molecule has 3 rings (SSSR count). The van der Waals surface area contributed by atoms with Crippen molar-refractivity contribution in [1.29, 1.82) is 0 Å². The van der Waals surface area contributed by atoms with Crippen molar-refractivity contribution in [2.24, 2.45) is 5.41 Å². The van der Waals surface area contributed by atoms with Crippen LogP contribution in [-0.2, 0) is 19.4 Å². The van der Waals surface area contributed by atoms with Crippen molar-refractivity contribution in [2.75, 3.05) is 35.8 Å². The van der Waals surface area contributed by atoms with Crippen LogP contribution in [0.3, 0.4) is 0 Å². The number of unbranched alkanes of at least 4 members (excludes halogenated alkanes) is 2. The Morgan fingerprint density at radius 2 is 1.76 bits per heavy atom. The lowest BCUT2D eigenvalue weighted by Gasteiger charge is -2.37. The Balaban J connectivity index is 2.19. The number of hydrogen-bond acceptors (Lipinski definition) is 8. The van der Waals surface area contributed by atoms with Crippen LogP contribution in [0.2, 0.25) is 0 Å². The molecule has 0 saturated heterocycles. The Morgan fingerprint density at radius 1 is 1.11 bits per heavy atom. The first-order valence-corrected chi connectivity index (χ1v) is 16.1. The molecule has 38 heavy (non-hydrogen) atoms. The Hall–Kier alpha value is -2.65. The molecule has 1 aliphatic heterocycles. The third-order valence-electron chi connectivity index (χ3n) is 6.87. The van der Waals surface area contributed by atoms with E-state index in [0.29, 0.717) is 23.7 Å². The highest BCUT2D eigenvalue weighted by atomic mass is 32.2. The summed E-state index contributed by atoms with van der Waals surface area (Å²) in [5.41, 5.74) is 7.78. The van der Waals surface area contributed by atoms with Crippen LogP contribution in [0, 0.1) is 5.41 Å². The van der Waals surface area contributed by atoms with Crippen molar-refractivity contribution < 1.29 is 22.7 Å². The number of rotatable bonds is 12. The quantitative estimate of drug-likeness (QED) is 0.100. The van der Waals surface area contributed by atoms with Gasteiger partial charge in [0.05, 0.1) is 40.2 Å². The van der Waals surface area contributed by atoms with Crippen molar-refractivity contribution >= 4 is 44.6 Å². The molecular weight excluding hydrogens is 520 g/mol. The van der Waals surface area contributed by atoms with E-state index in [4.69, 9.17) is 15.2 Å². The smallest absolute Gasteiger partial charge is 0.333 e. The van der Waals surface area contributed by atoms with Crippen molar-refractivity contribution in [1.82, 2.24) is 0 Å². The number of carbonyl (C=O) groups excluding carboxylic acids is 1. The number of benzene rings is 2. The number of anilines is 3. The molecule has 0 spiro atoms. The SMILES string of the molecule is CCCCC1(CCCC)CN(c2ccc(N)cc2)c2cc(SC)c(O/C=C/C(=O)OCC)cc2S(=O)(=O)C1. The molecule has 9 heteroatoms. The number of esters is 1. The van der Waals surface area contributed by atoms with E-state index in [2.05, 4.69) is 18.7 Å². The van der Waals surface area contributed by atoms with Crippen molar-refractivity contribution in [3.63, 3.8) is 0 Å². The lowest BCUT2D eigenvalue weighted by atomic mass is 9.79. The fourth-order valence-electron chi connectivity index (χ4n) is 4.96. The monoisotopic (exact) mass is 560 g/mol. The van der Waals surface area contributed by atoms with Crippen LogP contribution in [-0.4, -0.2) is 39.5 Å². The second-order valence-electron chi connectivity index (χ2n) is 9.79. The molecule has 2 N–H and O–H groups in total. The number of fused-ring (bicyclic) bond motifs is 1. The molecule has 0 bridgehead atoms. The summed E-state index contributed by atoms with van der Waals surface area (Å²) >= 11 is 1.46. The van der Waals surface area contributed by atoms with Crippen LogP contribution in [0.15, 0.2) is 58.5 Å². The summed E-state index contributed by atoms with van der Waals surface area (Å²) in [6.07, 6.45) is 9.96. The first kappa shape index (κ1) is 29.9. The highest BCUT2D eigenvalue weighted by Gasteiger charge is 2.42. The number of nitrogen functional groups attached to an aromatic ring is 1. The molecule has 1 heterocycles. The van der Waals surface area contributed by atoms with Gasteiger partial charge in [-0.05, 0) is 56.4 Å². The number of sulfone groups is 1. The highest BCUT2D eigenvalue weighted by molar-refractivity contribution is 7.98. The minimum absolute atomic E-state index is 0.0786. The zero-order valence-corrected chi connectivity index (χ0v) is 24.5. The maximum atomic E-state index is 14.1. The number of nitrogens with two attached hydrogens (primary N) is 1. The zero-order chi connectivity index (χ0) is 27.8. The fourth-order valence-corrected chi connectivity index (χ4v) is 7.61. The predicted molar refractivity (Wildman–Crippen MR) is 156 cm³/mol. The number of thioether (sulfide) groups is 1. The summed E-state index contributed by atoms with van der Waals surface area (Å²) in [6, 6.07) is 11.1. The molecule has 208 valence electrons. The van der Waals surface area contributed by atoms with Gasteiger partial charge in [0.15, 0.2) is 9.84 Å². The van der Waals surface area contributed by atoms with Crippen molar-refractivity contribution in [3.8, 4) is 5.75 Å². The summed E-state index contributed by atoms with van der Waals surface area (Å²) in [7, 11) is -3.66. The Morgan fingerprint density at radius 3 is 2.34 bits per heavy atom. The van der Waals surface area contributed by atoms with Gasteiger partial charge in [-0.3, -0.25) is 0 Å². The molecule has 0 saturated carbocycles. The average Bonchev–Trinajstić information content (AvgIpc) is 2.98. The maximum absolute atomic E-state index is 14.1. The fraction of sp³-hybridized carbons (Fsp3) is 0.483. The summed E-state index contributed by atoms with van der Waals surface area (Å²) < 4.78 is 38.9. The number of carbonyl (C=O) groups is 1. The third-order valence-corrected chi connectivity index (χ3v) is 9.62.